The van der Waals surface area contributed by atoms with E-state index in [1.165, 1.54) is 12.0 Å². The van der Waals surface area contributed by atoms with Crippen molar-refractivity contribution >= 4 is 0 Å². The van der Waals surface area contributed by atoms with Gasteiger partial charge in [-0.1, -0.05) is 38.5 Å². The number of hydrogen-bond donors (Lipinski definition) is 1. The van der Waals surface area contributed by atoms with Crippen molar-refractivity contribution in [2.45, 2.75) is 32.7 Å². The molecule has 2 rings (SSSR count). The highest BCUT2D eigenvalue weighted by atomic mass is 16.5. The molecule has 88 valence electrons. The average Bonchev–Trinajstić information content (AvgIpc) is 2.35. The molecule has 2 nitrogen and oxygen atoms in total. The van der Waals surface area contributed by atoms with Crippen LogP contribution in [0.2, 0.25) is 0 Å². The van der Waals surface area contributed by atoms with Crippen LogP contribution in [0.1, 0.15) is 25.8 Å². The van der Waals surface area contributed by atoms with Crippen molar-refractivity contribution < 1.29 is 4.74 Å². The molecule has 0 radical (unpaired) electrons. The number of para-hydroxylation sites is 1. The monoisotopic (exact) mass is 219 g/mol. The van der Waals surface area contributed by atoms with E-state index in [0.717, 1.165) is 31.2 Å². The van der Waals surface area contributed by atoms with E-state index < -0.39 is 0 Å². The van der Waals surface area contributed by atoms with Crippen molar-refractivity contribution in [3.63, 3.8) is 0 Å². The summed E-state index contributed by atoms with van der Waals surface area (Å²) in [6, 6.07) is 8.81. The van der Waals surface area contributed by atoms with E-state index in [9.17, 15) is 0 Å². The summed E-state index contributed by atoms with van der Waals surface area (Å²) in [7, 11) is 0. The SMILES string of the molecule is CCC(C)CNC1COc2ccccc2C1. The molecule has 0 bridgehead atoms. The van der Waals surface area contributed by atoms with Gasteiger partial charge in [-0.05, 0) is 30.5 Å². The van der Waals surface area contributed by atoms with Gasteiger partial charge in [0, 0.05) is 6.04 Å². The highest BCUT2D eigenvalue weighted by Gasteiger charge is 2.18. The molecular weight excluding hydrogens is 198 g/mol. The minimum absolute atomic E-state index is 0.476. The van der Waals surface area contributed by atoms with Crippen LogP contribution in [0.3, 0.4) is 0 Å². The van der Waals surface area contributed by atoms with Crippen molar-refractivity contribution in [1.82, 2.24) is 5.32 Å². The Morgan fingerprint density at radius 3 is 3.06 bits per heavy atom. The zero-order chi connectivity index (χ0) is 11.4. The standard InChI is InChI=1S/C14H21NO/c1-3-11(2)9-15-13-8-12-6-4-5-7-14(12)16-10-13/h4-7,11,13,15H,3,8-10H2,1-2H3. The Morgan fingerprint density at radius 2 is 2.25 bits per heavy atom. The van der Waals surface area contributed by atoms with Crippen molar-refractivity contribution in [3.05, 3.63) is 29.8 Å². The predicted octanol–water partition coefficient (Wildman–Crippen LogP) is 2.63. The third-order valence-electron chi connectivity index (χ3n) is 3.33. The molecule has 2 unspecified atom stereocenters. The van der Waals surface area contributed by atoms with Crippen LogP contribution >= 0.6 is 0 Å². The second kappa shape index (κ2) is 5.35. The van der Waals surface area contributed by atoms with Crippen LogP contribution in [0.5, 0.6) is 5.75 Å². The smallest absolute Gasteiger partial charge is 0.122 e. The lowest BCUT2D eigenvalue weighted by molar-refractivity contribution is 0.234. The Balaban J connectivity index is 1.88. The van der Waals surface area contributed by atoms with Gasteiger partial charge in [-0.15, -0.1) is 0 Å². The van der Waals surface area contributed by atoms with Gasteiger partial charge in [-0.25, -0.2) is 0 Å². The lowest BCUT2D eigenvalue weighted by atomic mass is 10.0. The summed E-state index contributed by atoms with van der Waals surface area (Å²) in [5.74, 6) is 1.81. The van der Waals surface area contributed by atoms with E-state index in [4.69, 9.17) is 4.74 Å². The summed E-state index contributed by atoms with van der Waals surface area (Å²) in [4.78, 5) is 0. The number of hydrogen-bond acceptors (Lipinski definition) is 2. The molecule has 0 fully saturated rings. The quantitative estimate of drug-likeness (QED) is 0.840. The Kier molecular flexibility index (Phi) is 3.83. The van der Waals surface area contributed by atoms with Gasteiger partial charge in [0.2, 0.25) is 0 Å². The van der Waals surface area contributed by atoms with E-state index in [1.54, 1.807) is 0 Å². The van der Waals surface area contributed by atoms with Crippen LogP contribution in [-0.4, -0.2) is 19.2 Å². The first kappa shape index (κ1) is 11.5. The van der Waals surface area contributed by atoms with E-state index in [0.29, 0.717) is 6.04 Å². The number of ether oxygens (including phenoxy) is 1. The Morgan fingerprint density at radius 1 is 1.44 bits per heavy atom. The molecule has 2 atom stereocenters. The van der Waals surface area contributed by atoms with Crippen LogP contribution in [-0.2, 0) is 6.42 Å². The fourth-order valence-corrected chi connectivity index (χ4v) is 1.97. The second-order valence-electron chi connectivity index (χ2n) is 4.74. The van der Waals surface area contributed by atoms with Gasteiger partial charge in [0.05, 0.1) is 0 Å². The molecule has 0 aromatic heterocycles. The van der Waals surface area contributed by atoms with Crippen LogP contribution in [0, 0.1) is 5.92 Å². The van der Waals surface area contributed by atoms with Crippen LogP contribution in [0.4, 0.5) is 0 Å². The molecule has 1 heterocycles. The molecule has 0 saturated carbocycles. The van der Waals surface area contributed by atoms with Gasteiger partial charge >= 0.3 is 0 Å². The first-order valence-electron chi connectivity index (χ1n) is 6.23. The predicted molar refractivity (Wildman–Crippen MR) is 66.9 cm³/mol. The molecule has 1 N–H and O–H groups in total. The number of nitrogens with one attached hydrogen (secondary N) is 1. The zero-order valence-corrected chi connectivity index (χ0v) is 10.2. The van der Waals surface area contributed by atoms with E-state index in [1.807, 2.05) is 6.07 Å². The van der Waals surface area contributed by atoms with Crippen molar-refractivity contribution in [2.75, 3.05) is 13.2 Å². The molecule has 1 aromatic carbocycles. The summed E-state index contributed by atoms with van der Waals surface area (Å²) in [6.07, 6.45) is 2.32. The van der Waals surface area contributed by atoms with Gasteiger partial charge in [0.1, 0.15) is 12.4 Å². The van der Waals surface area contributed by atoms with Crippen molar-refractivity contribution in [3.8, 4) is 5.75 Å². The topological polar surface area (TPSA) is 21.3 Å². The Labute approximate surface area is 98.0 Å². The Hall–Kier alpha value is -1.02. The van der Waals surface area contributed by atoms with Gasteiger partial charge in [0.25, 0.3) is 0 Å². The Bertz CT molecular complexity index is 337. The molecule has 0 aliphatic carbocycles. The zero-order valence-electron chi connectivity index (χ0n) is 10.2. The third-order valence-corrected chi connectivity index (χ3v) is 3.33. The molecule has 2 heteroatoms. The number of rotatable bonds is 4. The largest absolute Gasteiger partial charge is 0.492 e. The lowest BCUT2D eigenvalue weighted by Crippen LogP contribution is -2.41. The van der Waals surface area contributed by atoms with Crippen molar-refractivity contribution in [1.29, 1.82) is 0 Å². The summed E-state index contributed by atoms with van der Waals surface area (Å²) < 4.78 is 5.74. The molecular formula is C14H21NO. The summed E-state index contributed by atoms with van der Waals surface area (Å²) in [5.41, 5.74) is 1.33. The maximum Gasteiger partial charge on any atom is 0.122 e. The summed E-state index contributed by atoms with van der Waals surface area (Å²) in [6.45, 7) is 6.41. The normalized spacial score (nSPS) is 21.0. The fraction of sp³-hybridized carbons (Fsp3) is 0.571. The number of benzene rings is 1. The maximum absolute atomic E-state index is 5.74. The van der Waals surface area contributed by atoms with Gasteiger partial charge in [0.15, 0.2) is 0 Å². The third kappa shape index (κ3) is 2.76. The average molecular weight is 219 g/mol. The molecule has 0 amide bonds. The summed E-state index contributed by atoms with van der Waals surface area (Å²) in [5, 5.41) is 3.59. The van der Waals surface area contributed by atoms with Gasteiger partial charge in [-0.2, -0.15) is 0 Å². The summed E-state index contributed by atoms with van der Waals surface area (Å²) >= 11 is 0. The molecule has 1 aliphatic heterocycles. The first-order valence-corrected chi connectivity index (χ1v) is 6.23. The molecule has 1 aliphatic rings. The van der Waals surface area contributed by atoms with Crippen molar-refractivity contribution in [2.24, 2.45) is 5.92 Å². The van der Waals surface area contributed by atoms with Crippen LogP contribution in [0.25, 0.3) is 0 Å². The molecule has 16 heavy (non-hydrogen) atoms. The minimum Gasteiger partial charge on any atom is -0.492 e. The van der Waals surface area contributed by atoms with E-state index in [-0.39, 0.29) is 0 Å². The molecule has 0 spiro atoms. The number of fused-ring (bicyclic) bond motifs is 1. The second-order valence-corrected chi connectivity index (χ2v) is 4.74. The van der Waals surface area contributed by atoms with Gasteiger partial charge in [-0.3, -0.25) is 0 Å². The van der Waals surface area contributed by atoms with Gasteiger partial charge < -0.3 is 10.1 Å². The highest BCUT2D eigenvalue weighted by Crippen LogP contribution is 2.23. The molecule has 0 saturated heterocycles. The molecule has 1 aromatic rings. The minimum atomic E-state index is 0.476. The fourth-order valence-electron chi connectivity index (χ4n) is 1.97. The maximum atomic E-state index is 5.74. The highest BCUT2D eigenvalue weighted by molar-refractivity contribution is 5.35. The lowest BCUT2D eigenvalue weighted by Gasteiger charge is -2.27. The van der Waals surface area contributed by atoms with E-state index >= 15 is 0 Å². The first-order chi connectivity index (χ1) is 7.79. The van der Waals surface area contributed by atoms with E-state index in [2.05, 4.69) is 37.4 Å². The van der Waals surface area contributed by atoms with Crippen LogP contribution < -0.4 is 10.1 Å². The van der Waals surface area contributed by atoms with Crippen LogP contribution in [0.15, 0.2) is 24.3 Å².